The second-order valence-corrected chi connectivity index (χ2v) is 4.84. The number of aromatic nitrogens is 3. The van der Waals surface area contributed by atoms with Crippen molar-refractivity contribution in [3.8, 4) is 11.4 Å². The summed E-state index contributed by atoms with van der Waals surface area (Å²) in [6.07, 6.45) is 0.833. The number of benzene rings is 1. The summed E-state index contributed by atoms with van der Waals surface area (Å²) in [7, 11) is 0. The van der Waals surface area contributed by atoms with E-state index in [1.165, 1.54) is 12.1 Å². The Morgan fingerprint density at radius 3 is 2.63 bits per heavy atom. The lowest BCUT2D eigenvalue weighted by Gasteiger charge is -2.10. The number of hydrogen-bond donors (Lipinski definition) is 0. The molecule has 2 aromatic rings. The predicted octanol–water partition coefficient (Wildman–Crippen LogP) is 3.84. The molecule has 0 saturated carbocycles. The van der Waals surface area contributed by atoms with Crippen molar-refractivity contribution < 1.29 is 8.78 Å². The molecule has 0 unspecified atom stereocenters. The predicted molar refractivity (Wildman–Crippen MR) is 73.0 cm³/mol. The Labute approximate surface area is 118 Å². The maximum Gasteiger partial charge on any atom is 0.169 e. The maximum absolute atomic E-state index is 14.1. The quantitative estimate of drug-likeness (QED) is 0.798. The lowest BCUT2D eigenvalue weighted by molar-refractivity contribution is 0.575. The summed E-state index contributed by atoms with van der Waals surface area (Å²) < 4.78 is 29.8. The Bertz CT molecular complexity index is 596. The standard InChI is InChI=1S/C13H14BrF2N3/c1-3-6-19-10(7-14)17-18-13(19)11-9(15)5-4-8(2)12(11)16/h4-5H,3,6-7H2,1-2H3. The molecular formula is C13H14BrF2N3. The molecule has 0 fully saturated rings. The molecule has 1 aromatic carbocycles. The van der Waals surface area contributed by atoms with Crippen molar-refractivity contribution >= 4 is 15.9 Å². The van der Waals surface area contributed by atoms with Crippen LogP contribution in [0, 0.1) is 18.6 Å². The summed E-state index contributed by atoms with van der Waals surface area (Å²) in [5.41, 5.74) is 0.288. The van der Waals surface area contributed by atoms with Crippen LogP contribution in [0.3, 0.4) is 0 Å². The van der Waals surface area contributed by atoms with Gasteiger partial charge in [0.2, 0.25) is 0 Å². The van der Waals surface area contributed by atoms with E-state index in [1.54, 1.807) is 11.5 Å². The summed E-state index contributed by atoms with van der Waals surface area (Å²) in [6, 6.07) is 2.67. The molecule has 0 N–H and O–H groups in total. The summed E-state index contributed by atoms with van der Waals surface area (Å²) in [4.78, 5) is 0. The molecule has 19 heavy (non-hydrogen) atoms. The van der Waals surface area contributed by atoms with Crippen LogP contribution >= 0.6 is 15.9 Å². The number of hydrogen-bond acceptors (Lipinski definition) is 2. The molecule has 1 aromatic heterocycles. The first kappa shape index (κ1) is 14.1. The molecule has 0 spiro atoms. The van der Waals surface area contributed by atoms with E-state index in [9.17, 15) is 8.78 Å². The lowest BCUT2D eigenvalue weighted by atomic mass is 10.1. The van der Waals surface area contributed by atoms with E-state index in [-0.39, 0.29) is 11.4 Å². The van der Waals surface area contributed by atoms with Gasteiger partial charge in [0.25, 0.3) is 0 Å². The number of aryl methyl sites for hydroxylation is 1. The van der Waals surface area contributed by atoms with E-state index < -0.39 is 11.6 Å². The summed E-state index contributed by atoms with van der Waals surface area (Å²) >= 11 is 3.30. The minimum atomic E-state index is -0.617. The smallest absolute Gasteiger partial charge is 0.169 e. The van der Waals surface area contributed by atoms with Crippen molar-refractivity contribution in [2.75, 3.05) is 0 Å². The van der Waals surface area contributed by atoms with Crippen LogP contribution in [0.4, 0.5) is 8.78 Å². The summed E-state index contributed by atoms with van der Waals surface area (Å²) in [5, 5.41) is 8.41. The lowest BCUT2D eigenvalue weighted by Crippen LogP contribution is -2.06. The van der Waals surface area contributed by atoms with Crippen molar-refractivity contribution in [1.82, 2.24) is 14.8 Å². The molecule has 0 bridgehead atoms. The average molecular weight is 330 g/mol. The van der Waals surface area contributed by atoms with Gasteiger partial charge in [-0.1, -0.05) is 28.9 Å². The van der Waals surface area contributed by atoms with Gasteiger partial charge < -0.3 is 4.57 Å². The Morgan fingerprint density at radius 1 is 1.26 bits per heavy atom. The van der Waals surface area contributed by atoms with Crippen molar-refractivity contribution in [2.45, 2.75) is 32.1 Å². The van der Waals surface area contributed by atoms with Gasteiger partial charge in [0.1, 0.15) is 17.5 Å². The topological polar surface area (TPSA) is 30.7 Å². The minimum Gasteiger partial charge on any atom is -0.310 e. The monoisotopic (exact) mass is 329 g/mol. The molecule has 3 nitrogen and oxygen atoms in total. The normalized spacial score (nSPS) is 11.0. The molecule has 0 aliphatic carbocycles. The van der Waals surface area contributed by atoms with Crippen LogP contribution in [-0.2, 0) is 11.9 Å². The first-order valence-electron chi connectivity index (χ1n) is 6.03. The van der Waals surface area contributed by atoms with Gasteiger partial charge in [0, 0.05) is 6.54 Å². The second-order valence-electron chi connectivity index (χ2n) is 4.28. The molecule has 102 valence electrons. The highest BCUT2D eigenvalue weighted by molar-refractivity contribution is 9.08. The van der Waals surface area contributed by atoms with Gasteiger partial charge >= 0.3 is 0 Å². The van der Waals surface area contributed by atoms with Gasteiger partial charge in [-0.15, -0.1) is 10.2 Å². The van der Waals surface area contributed by atoms with Crippen LogP contribution in [0.25, 0.3) is 11.4 Å². The first-order valence-corrected chi connectivity index (χ1v) is 7.15. The SMILES string of the molecule is CCCn1c(CBr)nnc1-c1c(F)ccc(C)c1F. The van der Waals surface area contributed by atoms with Crippen LogP contribution in [-0.4, -0.2) is 14.8 Å². The highest BCUT2D eigenvalue weighted by Crippen LogP contribution is 2.27. The van der Waals surface area contributed by atoms with E-state index in [2.05, 4.69) is 26.1 Å². The Kier molecular flexibility index (Phi) is 4.29. The van der Waals surface area contributed by atoms with Crippen molar-refractivity contribution in [3.05, 3.63) is 35.2 Å². The molecule has 0 amide bonds. The molecule has 0 aliphatic heterocycles. The van der Waals surface area contributed by atoms with Crippen molar-refractivity contribution in [3.63, 3.8) is 0 Å². The fraction of sp³-hybridized carbons (Fsp3) is 0.385. The van der Waals surface area contributed by atoms with Gasteiger partial charge in [0.15, 0.2) is 5.82 Å². The van der Waals surface area contributed by atoms with Crippen molar-refractivity contribution in [2.24, 2.45) is 0 Å². The van der Waals surface area contributed by atoms with E-state index in [0.29, 0.717) is 23.3 Å². The third-order valence-electron chi connectivity index (χ3n) is 2.90. The average Bonchev–Trinajstić information content (AvgIpc) is 2.78. The van der Waals surface area contributed by atoms with Crippen LogP contribution in [0.15, 0.2) is 12.1 Å². The number of nitrogens with zero attached hydrogens (tertiary/aromatic N) is 3. The van der Waals surface area contributed by atoms with E-state index >= 15 is 0 Å². The molecular weight excluding hydrogens is 316 g/mol. The van der Waals surface area contributed by atoms with Gasteiger partial charge in [0.05, 0.1) is 10.9 Å². The number of alkyl halides is 1. The maximum atomic E-state index is 14.1. The number of rotatable bonds is 4. The van der Waals surface area contributed by atoms with Crippen LogP contribution in [0.1, 0.15) is 24.7 Å². The first-order chi connectivity index (χ1) is 9.10. The largest absolute Gasteiger partial charge is 0.310 e. The third kappa shape index (κ3) is 2.54. The van der Waals surface area contributed by atoms with Crippen LogP contribution < -0.4 is 0 Å². The molecule has 0 saturated heterocycles. The molecule has 2 rings (SSSR count). The highest BCUT2D eigenvalue weighted by Gasteiger charge is 2.21. The zero-order valence-corrected chi connectivity index (χ0v) is 12.3. The zero-order chi connectivity index (χ0) is 14.0. The Morgan fingerprint density at radius 2 is 2.00 bits per heavy atom. The van der Waals surface area contributed by atoms with Crippen LogP contribution in [0.2, 0.25) is 0 Å². The highest BCUT2D eigenvalue weighted by atomic mass is 79.9. The fourth-order valence-corrected chi connectivity index (χ4v) is 2.35. The molecule has 0 radical (unpaired) electrons. The van der Waals surface area contributed by atoms with Gasteiger partial charge in [-0.05, 0) is 25.0 Å². The summed E-state index contributed by atoms with van der Waals surface area (Å²) in [6.45, 7) is 4.21. The molecule has 0 atom stereocenters. The van der Waals surface area contributed by atoms with Gasteiger partial charge in [-0.3, -0.25) is 0 Å². The fourth-order valence-electron chi connectivity index (χ4n) is 1.94. The van der Waals surface area contributed by atoms with E-state index in [1.807, 2.05) is 6.92 Å². The van der Waals surface area contributed by atoms with Gasteiger partial charge in [-0.25, -0.2) is 8.78 Å². The second kappa shape index (κ2) is 5.77. The minimum absolute atomic E-state index is 0.104. The Hall–Kier alpha value is -1.30. The van der Waals surface area contributed by atoms with E-state index in [0.717, 1.165) is 6.42 Å². The van der Waals surface area contributed by atoms with Crippen molar-refractivity contribution in [1.29, 1.82) is 0 Å². The molecule has 6 heteroatoms. The molecule has 0 aliphatic rings. The van der Waals surface area contributed by atoms with E-state index in [4.69, 9.17) is 0 Å². The number of halogens is 3. The molecule has 1 heterocycles. The zero-order valence-electron chi connectivity index (χ0n) is 10.8. The summed E-state index contributed by atoms with van der Waals surface area (Å²) in [5.74, 6) is -0.285. The third-order valence-corrected chi connectivity index (χ3v) is 3.40. The van der Waals surface area contributed by atoms with Gasteiger partial charge in [-0.2, -0.15) is 0 Å². The van der Waals surface area contributed by atoms with Crippen LogP contribution in [0.5, 0.6) is 0 Å². The Balaban J connectivity index is 2.65.